The van der Waals surface area contributed by atoms with Crippen molar-refractivity contribution in [2.75, 3.05) is 0 Å². The number of hydrogen-bond donors (Lipinski definition) is 2. The van der Waals surface area contributed by atoms with Crippen molar-refractivity contribution in [2.24, 2.45) is 0 Å². The molecule has 2 N–H and O–H groups in total. The summed E-state index contributed by atoms with van der Waals surface area (Å²) in [6.45, 7) is 3.92. The minimum absolute atomic E-state index is 0.841. The van der Waals surface area contributed by atoms with Gasteiger partial charge in [-0.15, -0.1) is 6.58 Å². The second-order valence-corrected chi connectivity index (χ2v) is 14.8. The molecule has 8 bridgehead atoms. The fraction of sp³-hybridized carbons (Fsp3) is 0.0182. The summed E-state index contributed by atoms with van der Waals surface area (Å²) in [5.41, 5.74) is 19.2. The average Bonchev–Trinajstić information content (AvgIpc) is 4.13. The number of fused-ring (bicyclic) bond motifs is 8. The Labute approximate surface area is 344 Å². The lowest BCUT2D eigenvalue weighted by Gasteiger charge is -2.07. The van der Waals surface area contributed by atoms with Crippen LogP contribution in [0, 0.1) is 0 Å². The van der Waals surface area contributed by atoms with Crippen LogP contribution in [0.4, 0.5) is 0 Å². The second kappa shape index (κ2) is 15.6. The molecule has 0 unspecified atom stereocenters. The molecule has 0 radical (unpaired) electrons. The molecule has 4 heteroatoms. The number of nitrogens with one attached hydrogen (secondary N) is 2. The first-order valence-electron chi connectivity index (χ1n) is 20.0. The van der Waals surface area contributed by atoms with Gasteiger partial charge in [-0.1, -0.05) is 164 Å². The van der Waals surface area contributed by atoms with Crippen LogP contribution < -0.4 is 0 Å². The molecule has 0 spiro atoms. The van der Waals surface area contributed by atoms with E-state index in [9.17, 15) is 0 Å². The van der Waals surface area contributed by atoms with Crippen molar-refractivity contribution in [3.05, 3.63) is 216 Å². The zero-order valence-electron chi connectivity index (χ0n) is 32.4. The van der Waals surface area contributed by atoms with Crippen LogP contribution in [-0.4, -0.2) is 19.9 Å². The standard InChI is InChI=1S/C55H40N4/c1-2-15-37-24-26-38(27-25-37)28-29-43-36-50-53(41-20-11-5-12-21-41)48-33-32-46(57-48)51(39-16-7-3-8-17-39)44-30-31-45(56-44)52(40-18-9-4-10-19-40)47-34-35-49(58-47)54(55(43)59-50)42-22-13-6-14-23-42/h2-14,16-36,56,59H,1,15H2/b29-28+,51-44?,51-46?,52-45?,52-47?,53-48?,53-50?,54-49?,55-54?. The fourth-order valence-corrected chi connectivity index (χ4v) is 8.19. The maximum atomic E-state index is 5.50. The highest BCUT2D eigenvalue weighted by atomic mass is 14.8. The Bertz CT molecular complexity index is 3090. The Hall–Kier alpha value is -7.82. The van der Waals surface area contributed by atoms with Crippen LogP contribution in [0.2, 0.25) is 0 Å². The normalized spacial score (nSPS) is 12.0. The highest BCUT2D eigenvalue weighted by Crippen LogP contribution is 2.39. The largest absolute Gasteiger partial charge is 0.354 e. The van der Waals surface area contributed by atoms with Gasteiger partial charge in [0.1, 0.15) is 0 Å². The van der Waals surface area contributed by atoms with E-state index >= 15 is 0 Å². The van der Waals surface area contributed by atoms with Crippen LogP contribution in [0.5, 0.6) is 0 Å². The molecular weight excluding hydrogens is 717 g/mol. The van der Waals surface area contributed by atoms with Crippen LogP contribution in [0.1, 0.15) is 39.5 Å². The van der Waals surface area contributed by atoms with Gasteiger partial charge in [0.05, 0.1) is 28.3 Å². The lowest BCUT2D eigenvalue weighted by molar-refractivity contribution is 1.28. The van der Waals surface area contributed by atoms with E-state index in [1.807, 2.05) is 6.08 Å². The smallest absolute Gasteiger partial charge is 0.0737 e. The highest BCUT2D eigenvalue weighted by Gasteiger charge is 2.20. The Morgan fingerprint density at radius 1 is 0.424 bits per heavy atom. The summed E-state index contributed by atoms with van der Waals surface area (Å²) in [5, 5.41) is 0. The van der Waals surface area contributed by atoms with Gasteiger partial charge in [-0.05, 0) is 82.3 Å². The molecule has 2 aliphatic rings. The summed E-state index contributed by atoms with van der Waals surface area (Å²) >= 11 is 0. The molecule has 3 aromatic heterocycles. The summed E-state index contributed by atoms with van der Waals surface area (Å²) in [4.78, 5) is 18.8. The van der Waals surface area contributed by atoms with Crippen molar-refractivity contribution < 1.29 is 0 Å². The second-order valence-electron chi connectivity index (χ2n) is 14.8. The third-order valence-electron chi connectivity index (χ3n) is 11.0. The SMILES string of the molecule is C=CCc1ccc(/C=C/c2cc3[nH]c2c(-c2ccccc2)c2nc(c(-c4ccccc4)c4ccc([nH]4)c(-c4ccccc4)c4nc(c3-c3ccccc3)C=C4)C=C2)cc1. The lowest BCUT2D eigenvalue weighted by Crippen LogP contribution is -1.89. The molecule has 0 saturated carbocycles. The molecule has 5 heterocycles. The number of aromatic amines is 2. The molecule has 0 saturated heterocycles. The molecule has 0 aliphatic carbocycles. The minimum atomic E-state index is 0.841. The van der Waals surface area contributed by atoms with Gasteiger partial charge in [0.15, 0.2) is 0 Å². The minimum Gasteiger partial charge on any atom is -0.354 e. The van der Waals surface area contributed by atoms with Crippen LogP contribution in [-0.2, 0) is 6.42 Å². The van der Waals surface area contributed by atoms with Gasteiger partial charge < -0.3 is 9.97 Å². The van der Waals surface area contributed by atoms with E-state index in [4.69, 9.17) is 9.97 Å². The van der Waals surface area contributed by atoms with Crippen LogP contribution in [0.3, 0.4) is 0 Å². The van der Waals surface area contributed by atoms with Gasteiger partial charge in [0.25, 0.3) is 0 Å². The number of nitrogens with zero attached hydrogens (tertiary/aromatic N) is 2. The Morgan fingerprint density at radius 3 is 1.31 bits per heavy atom. The summed E-state index contributed by atoms with van der Waals surface area (Å²) in [5.74, 6) is 0. The van der Waals surface area contributed by atoms with Crippen molar-refractivity contribution in [1.29, 1.82) is 0 Å². The van der Waals surface area contributed by atoms with Gasteiger partial charge in [-0.3, -0.25) is 0 Å². The number of rotatable bonds is 8. The molecule has 0 atom stereocenters. The Morgan fingerprint density at radius 2 is 0.847 bits per heavy atom. The molecule has 4 nitrogen and oxygen atoms in total. The van der Waals surface area contributed by atoms with E-state index in [1.54, 1.807) is 0 Å². The zero-order valence-corrected chi connectivity index (χ0v) is 32.4. The van der Waals surface area contributed by atoms with Crippen molar-refractivity contribution in [1.82, 2.24) is 19.9 Å². The molecule has 5 aromatic carbocycles. The molecule has 0 fully saturated rings. The molecule has 0 amide bonds. The molecular formula is C55H40N4. The predicted molar refractivity (Wildman–Crippen MR) is 250 cm³/mol. The lowest BCUT2D eigenvalue weighted by atomic mass is 10.0. The summed E-state index contributed by atoms with van der Waals surface area (Å²) in [6.07, 6.45) is 15.8. The van der Waals surface area contributed by atoms with Gasteiger partial charge in [0, 0.05) is 44.4 Å². The van der Waals surface area contributed by atoms with Crippen molar-refractivity contribution in [3.8, 4) is 44.5 Å². The average molecular weight is 757 g/mol. The van der Waals surface area contributed by atoms with E-state index in [0.29, 0.717) is 0 Å². The first kappa shape index (κ1) is 35.6. The van der Waals surface area contributed by atoms with E-state index in [-0.39, 0.29) is 0 Å². The number of H-pyrrole nitrogens is 2. The number of benzene rings is 5. The maximum absolute atomic E-state index is 5.50. The molecule has 2 aliphatic heterocycles. The van der Waals surface area contributed by atoms with Gasteiger partial charge in [0.2, 0.25) is 0 Å². The third-order valence-corrected chi connectivity index (χ3v) is 11.0. The van der Waals surface area contributed by atoms with E-state index in [2.05, 4.69) is 217 Å². The summed E-state index contributed by atoms with van der Waals surface area (Å²) in [6, 6.07) is 57.5. The first-order valence-corrected chi connectivity index (χ1v) is 20.0. The van der Waals surface area contributed by atoms with Gasteiger partial charge in [-0.25, -0.2) is 9.97 Å². The van der Waals surface area contributed by atoms with Gasteiger partial charge >= 0.3 is 0 Å². The van der Waals surface area contributed by atoms with E-state index in [0.717, 1.165) is 107 Å². The van der Waals surface area contributed by atoms with Crippen LogP contribution in [0.15, 0.2) is 176 Å². The van der Waals surface area contributed by atoms with E-state index in [1.165, 1.54) is 5.56 Å². The maximum Gasteiger partial charge on any atom is 0.0737 e. The Balaban J connectivity index is 1.37. The van der Waals surface area contributed by atoms with Gasteiger partial charge in [-0.2, -0.15) is 0 Å². The molecule has 10 rings (SSSR count). The number of aromatic nitrogens is 4. The topological polar surface area (TPSA) is 57.4 Å². The predicted octanol–water partition coefficient (Wildman–Crippen LogP) is 14.2. The molecule has 8 aromatic rings. The highest BCUT2D eigenvalue weighted by molar-refractivity contribution is 6.02. The number of hydrogen-bond acceptors (Lipinski definition) is 2. The first-order chi connectivity index (χ1) is 29.2. The van der Waals surface area contributed by atoms with E-state index < -0.39 is 0 Å². The number of allylic oxidation sites excluding steroid dienone is 1. The van der Waals surface area contributed by atoms with Crippen molar-refractivity contribution >= 4 is 58.5 Å². The van der Waals surface area contributed by atoms with Crippen LogP contribution in [0.25, 0.3) is 103 Å². The molecule has 59 heavy (non-hydrogen) atoms. The summed E-state index contributed by atoms with van der Waals surface area (Å²) < 4.78 is 0. The zero-order chi connectivity index (χ0) is 39.5. The molecule has 280 valence electrons. The fourth-order valence-electron chi connectivity index (χ4n) is 8.19. The van der Waals surface area contributed by atoms with Crippen molar-refractivity contribution in [3.63, 3.8) is 0 Å². The van der Waals surface area contributed by atoms with Crippen LogP contribution >= 0.6 is 0 Å². The van der Waals surface area contributed by atoms with Crippen molar-refractivity contribution in [2.45, 2.75) is 6.42 Å². The Kier molecular flexibility index (Phi) is 9.41. The monoisotopic (exact) mass is 756 g/mol. The quantitative estimate of drug-likeness (QED) is 0.152. The third kappa shape index (κ3) is 6.98. The summed E-state index contributed by atoms with van der Waals surface area (Å²) in [7, 11) is 0.